The number of phenolic OH excluding ortho intramolecular Hbond substituents is 3. The zero-order valence-electron chi connectivity index (χ0n) is 21.9. The molecule has 0 bridgehead atoms. The molecular formula is C27H30O15. The Morgan fingerprint density at radius 1 is 0.738 bits per heavy atom. The fraction of sp³-hybridized carbons (Fsp3) is 0.444. The van der Waals surface area contributed by atoms with Crippen molar-refractivity contribution in [3.63, 3.8) is 0 Å². The molecule has 2 fully saturated rings. The van der Waals surface area contributed by atoms with Crippen LogP contribution in [-0.4, -0.2) is 114 Å². The smallest absolute Gasteiger partial charge is 0.229 e. The van der Waals surface area contributed by atoms with Crippen LogP contribution in [0, 0.1) is 0 Å². The molecule has 2 aliphatic rings. The number of hydrogen-bond acceptors (Lipinski definition) is 15. The summed E-state index contributed by atoms with van der Waals surface area (Å²) < 4.78 is 27.8. The number of fused-ring (bicyclic) bond motifs is 1. The molecule has 15 heteroatoms. The highest BCUT2D eigenvalue weighted by atomic mass is 16.7. The van der Waals surface area contributed by atoms with Gasteiger partial charge in [-0.2, -0.15) is 0 Å². The predicted molar refractivity (Wildman–Crippen MR) is 139 cm³/mol. The molecule has 1 aromatic heterocycles. The van der Waals surface area contributed by atoms with Crippen molar-refractivity contribution in [3.05, 3.63) is 46.6 Å². The van der Waals surface area contributed by atoms with Crippen molar-refractivity contribution in [2.45, 2.75) is 68.3 Å². The molecule has 2 saturated heterocycles. The van der Waals surface area contributed by atoms with E-state index in [0.717, 1.165) is 12.1 Å². The highest BCUT2D eigenvalue weighted by molar-refractivity contribution is 5.86. The van der Waals surface area contributed by atoms with Crippen LogP contribution in [0.25, 0.3) is 22.3 Å². The number of rotatable bonds is 6. The predicted octanol–water partition coefficient (Wildman–Crippen LogP) is -1.39. The Hall–Kier alpha value is -3.51. The fourth-order valence-corrected chi connectivity index (χ4v) is 4.76. The third-order valence-electron chi connectivity index (χ3n) is 7.20. The monoisotopic (exact) mass is 594 g/mol. The highest BCUT2D eigenvalue weighted by Gasteiger charge is 2.47. The number of aliphatic hydroxyl groups is 6. The first-order valence-corrected chi connectivity index (χ1v) is 12.9. The summed E-state index contributed by atoms with van der Waals surface area (Å²) in [5.74, 6) is -1.56. The van der Waals surface area contributed by atoms with E-state index < -0.39 is 84.9 Å². The Morgan fingerprint density at radius 2 is 1.43 bits per heavy atom. The van der Waals surface area contributed by atoms with Gasteiger partial charge in [-0.05, 0) is 25.1 Å². The van der Waals surface area contributed by atoms with Crippen LogP contribution in [0.2, 0.25) is 0 Å². The van der Waals surface area contributed by atoms with Crippen molar-refractivity contribution in [1.82, 2.24) is 0 Å². The summed E-state index contributed by atoms with van der Waals surface area (Å²) in [6.07, 6.45) is -15.1. The Morgan fingerprint density at radius 3 is 2.14 bits per heavy atom. The van der Waals surface area contributed by atoms with E-state index in [-0.39, 0.29) is 33.8 Å². The maximum absolute atomic E-state index is 12.7. The van der Waals surface area contributed by atoms with Crippen LogP contribution in [0.4, 0.5) is 0 Å². The van der Waals surface area contributed by atoms with Crippen molar-refractivity contribution in [2.24, 2.45) is 0 Å². The SMILES string of the molecule is C[C@@H]1O[C@H](OC[C@@H]2O[C@H](Oc3cc(O)c4c(=O)cc(-c5ccc(O)c(O)c5)oc4c3)[C@@H](O)[C@H](O)[C@H]2O)[C@@H](O)[C@H](O)[C@H]1O. The third kappa shape index (κ3) is 5.61. The first kappa shape index (κ1) is 30.0. The first-order chi connectivity index (χ1) is 19.8. The average molecular weight is 595 g/mol. The van der Waals surface area contributed by atoms with Crippen molar-refractivity contribution in [2.75, 3.05) is 6.61 Å². The molecule has 0 amide bonds. The van der Waals surface area contributed by atoms with Gasteiger partial charge >= 0.3 is 0 Å². The second kappa shape index (κ2) is 11.6. The van der Waals surface area contributed by atoms with E-state index in [9.17, 15) is 50.8 Å². The molecule has 2 aliphatic heterocycles. The van der Waals surface area contributed by atoms with E-state index in [1.807, 2.05) is 0 Å². The summed E-state index contributed by atoms with van der Waals surface area (Å²) in [7, 11) is 0. The molecule has 2 aromatic carbocycles. The van der Waals surface area contributed by atoms with Gasteiger partial charge in [-0.3, -0.25) is 4.79 Å². The number of aliphatic hydroxyl groups excluding tert-OH is 6. The Balaban J connectivity index is 1.36. The van der Waals surface area contributed by atoms with Crippen LogP contribution in [0.15, 0.2) is 45.6 Å². The van der Waals surface area contributed by atoms with Crippen LogP contribution < -0.4 is 10.2 Å². The molecule has 0 saturated carbocycles. The number of hydrogen-bond donors (Lipinski definition) is 9. The van der Waals surface area contributed by atoms with Crippen LogP contribution in [0.5, 0.6) is 23.0 Å². The van der Waals surface area contributed by atoms with E-state index in [0.29, 0.717) is 0 Å². The molecule has 0 radical (unpaired) electrons. The van der Waals surface area contributed by atoms with E-state index in [1.165, 1.54) is 31.2 Å². The molecular weight excluding hydrogens is 564 g/mol. The van der Waals surface area contributed by atoms with E-state index in [1.54, 1.807) is 0 Å². The molecule has 9 N–H and O–H groups in total. The van der Waals surface area contributed by atoms with Gasteiger partial charge in [0.15, 0.2) is 23.2 Å². The number of benzene rings is 2. The number of phenols is 3. The lowest BCUT2D eigenvalue weighted by Crippen LogP contribution is -2.61. The van der Waals surface area contributed by atoms with Crippen molar-refractivity contribution in [3.8, 4) is 34.3 Å². The van der Waals surface area contributed by atoms with E-state index in [2.05, 4.69) is 0 Å². The van der Waals surface area contributed by atoms with Gasteiger partial charge < -0.3 is 69.3 Å². The molecule has 10 atom stereocenters. The number of ether oxygens (including phenoxy) is 4. The molecule has 228 valence electrons. The maximum Gasteiger partial charge on any atom is 0.229 e. The van der Waals surface area contributed by atoms with Gasteiger partial charge in [-0.1, -0.05) is 0 Å². The molecule has 0 unspecified atom stereocenters. The lowest BCUT2D eigenvalue weighted by atomic mass is 9.98. The van der Waals surface area contributed by atoms with Gasteiger partial charge in [0.1, 0.15) is 71.0 Å². The minimum absolute atomic E-state index is 0.0110. The molecule has 42 heavy (non-hydrogen) atoms. The normalized spacial score (nSPS) is 33.5. The van der Waals surface area contributed by atoms with Crippen molar-refractivity contribution >= 4 is 11.0 Å². The summed E-state index contributed by atoms with van der Waals surface area (Å²) in [6, 6.07) is 7.09. The third-order valence-corrected chi connectivity index (χ3v) is 7.20. The summed E-state index contributed by atoms with van der Waals surface area (Å²) >= 11 is 0. The molecule has 3 aromatic rings. The Labute approximate surface area is 236 Å². The van der Waals surface area contributed by atoms with E-state index >= 15 is 0 Å². The largest absolute Gasteiger partial charge is 0.507 e. The first-order valence-electron chi connectivity index (χ1n) is 12.9. The lowest BCUT2D eigenvalue weighted by molar-refractivity contribution is -0.318. The zero-order valence-corrected chi connectivity index (χ0v) is 21.9. The summed E-state index contributed by atoms with van der Waals surface area (Å²) in [6.45, 7) is 0.938. The summed E-state index contributed by atoms with van der Waals surface area (Å²) in [5, 5.41) is 91.0. The molecule has 15 nitrogen and oxygen atoms in total. The van der Waals surface area contributed by atoms with Gasteiger partial charge in [0.25, 0.3) is 0 Å². The zero-order chi connectivity index (χ0) is 30.5. The Kier molecular flexibility index (Phi) is 8.30. The van der Waals surface area contributed by atoms with Gasteiger partial charge in [-0.15, -0.1) is 0 Å². The van der Waals surface area contributed by atoms with E-state index in [4.69, 9.17) is 23.4 Å². The van der Waals surface area contributed by atoms with Gasteiger partial charge in [0.2, 0.25) is 6.29 Å². The van der Waals surface area contributed by atoms with Crippen molar-refractivity contribution < 1.29 is 69.3 Å². The molecule has 0 spiro atoms. The molecule has 0 aliphatic carbocycles. The number of aromatic hydroxyl groups is 3. The van der Waals surface area contributed by atoms with Gasteiger partial charge in [-0.25, -0.2) is 0 Å². The van der Waals surface area contributed by atoms with Gasteiger partial charge in [0, 0.05) is 23.8 Å². The summed E-state index contributed by atoms with van der Waals surface area (Å²) in [5.41, 5.74) is -0.541. The standard InChI is InChI=1S/C27H30O15/c1-9-20(32)22(34)24(36)26(39-9)38-8-18-21(33)23(35)25(37)27(42-18)40-11-5-14(30)19-15(31)7-16(41-17(19)6-11)10-2-3-12(28)13(29)4-10/h2-7,9,18,20-30,32-37H,8H2,1H3/t9-,18-,20-,21-,22+,23+,24-,25-,26-,27-/m0/s1. The second-order valence-electron chi connectivity index (χ2n) is 10.1. The fourth-order valence-electron chi connectivity index (χ4n) is 4.76. The maximum atomic E-state index is 12.7. The van der Waals surface area contributed by atoms with Crippen molar-refractivity contribution in [1.29, 1.82) is 0 Å². The summed E-state index contributed by atoms with van der Waals surface area (Å²) in [4.78, 5) is 12.7. The Bertz CT molecular complexity index is 1490. The van der Waals surface area contributed by atoms with Crippen LogP contribution in [0.3, 0.4) is 0 Å². The molecule has 3 heterocycles. The van der Waals surface area contributed by atoms with Crippen LogP contribution in [-0.2, 0) is 14.2 Å². The lowest BCUT2D eigenvalue weighted by Gasteiger charge is -2.42. The average Bonchev–Trinajstić information content (AvgIpc) is 2.95. The minimum Gasteiger partial charge on any atom is -0.507 e. The minimum atomic E-state index is -1.79. The van der Waals surface area contributed by atoms with Gasteiger partial charge in [0.05, 0.1) is 12.7 Å². The highest BCUT2D eigenvalue weighted by Crippen LogP contribution is 2.35. The quantitative estimate of drug-likeness (QED) is 0.149. The topological polar surface area (TPSA) is 249 Å². The van der Waals surface area contributed by atoms with Crippen LogP contribution >= 0.6 is 0 Å². The van der Waals surface area contributed by atoms with Crippen LogP contribution in [0.1, 0.15) is 6.92 Å². The second-order valence-corrected chi connectivity index (χ2v) is 10.1. The molecule has 5 rings (SSSR count).